The number of thioether (sulfide) groups is 1. The van der Waals surface area contributed by atoms with Gasteiger partial charge in [-0.1, -0.05) is 27.2 Å². The fourth-order valence-corrected chi connectivity index (χ4v) is 4.46. The molecule has 0 aromatic rings. The van der Waals surface area contributed by atoms with Crippen LogP contribution in [-0.4, -0.2) is 47.6 Å². The van der Waals surface area contributed by atoms with Crippen molar-refractivity contribution in [2.24, 2.45) is 5.92 Å². The van der Waals surface area contributed by atoms with Crippen LogP contribution in [0.2, 0.25) is 0 Å². The van der Waals surface area contributed by atoms with Gasteiger partial charge in [0.15, 0.2) is 0 Å². The molecule has 0 aromatic heterocycles. The first-order valence-corrected chi connectivity index (χ1v) is 8.44. The third-order valence-corrected chi connectivity index (χ3v) is 5.40. The normalized spacial score (nSPS) is 35.6. The van der Waals surface area contributed by atoms with E-state index < -0.39 is 0 Å². The Labute approximate surface area is 111 Å². The molecule has 3 atom stereocenters. The molecule has 0 radical (unpaired) electrons. The van der Waals surface area contributed by atoms with Crippen LogP contribution in [-0.2, 0) is 0 Å². The van der Waals surface area contributed by atoms with Crippen molar-refractivity contribution in [1.82, 2.24) is 10.2 Å². The second-order valence-electron chi connectivity index (χ2n) is 5.92. The Hall–Kier alpha value is 0.270. The van der Waals surface area contributed by atoms with Crippen molar-refractivity contribution in [1.29, 1.82) is 0 Å². The predicted molar refractivity (Wildman–Crippen MR) is 77.8 cm³/mol. The molecule has 0 aromatic carbocycles. The van der Waals surface area contributed by atoms with E-state index in [0.717, 1.165) is 24.0 Å². The third kappa shape index (κ3) is 3.39. The van der Waals surface area contributed by atoms with Gasteiger partial charge in [-0.3, -0.25) is 4.90 Å². The van der Waals surface area contributed by atoms with Gasteiger partial charge in [0.2, 0.25) is 0 Å². The zero-order valence-electron chi connectivity index (χ0n) is 11.6. The summed E-state index contributed by atoms with van der Waals surface area (Å²) in [7, 11) is 0. The van der Waals surface area contributed by atoms with E-state index in [1.165, 1.54) is 43.9 Å². The van der Waals surface area contributed by atoms with E-state index in [0.29, 0.717) is 0 Å². The van der Waals surface area contributed by atoms with E-state index in [1.807, 2.05) is 0 Å². The minimum Gasteiger partial charge on any atom is -0.311 e. The molecular formula is C14H28N2S. The molecule has 0 bridgehead atoms. The Morgan fingerprint density at radius 3 is 2.82 bits per heavy atom. The first-order chi connectivity index (χ1) is 8.22. The minimum absolute atomic E-state index is 0.737. The number of nitrogens with one attached hydrogen (secondary N) is 1. The summed E-state index contributed by atoms with van der Waals surface area (Å²) < 4.78 is 0. The monoisotopic (exact) mass is 256 g/mol. The Bertz CT molecular complexity index is 226. The van der Waals surface area contributed by atoms with Gasteiger partial charge in [-0.25, -0.2) is 0 Å². The maximum atomic E-state index is 3.76. The molecule has 0 spiro atoms. The fraction of sp³-hybridized carbons (Fsp3) is 1.00. The lowest BCUT2D eigenvalue weighted by Gasteiger charge is -2.45. The Kier molecular flexibility index (Phi) is 5.19. The van der Waals surface area contributed by atoms with Crippen molar-refractivity contribution in [3.8, 4) is 0 Å². The Morgan fingerprint density at radius 2 is 2.24 bits per heavy atom. The highest BCUT2D eigenvalue weighted by Gasteiger charge is 2.35. The number of hydrogen-bond donors (Lipinski definition) is 1. The van der Waals surface area contributed by atoms with Crippen LogP contribution in [0.4, 0.5) is 0 Å². The van der Waals surface area contributed by atoms with Crippen LogP contribution in [0.1, 0.15) is 40.0 Å². The van der Waals surface area contributed by atoms with E-state index >= 15 is 0 Å². The zero-order chi connectivity index (χ0) is 12.3. The highest BCUT2D eigenvalue weighted by Crippen LogP contribution is 2.28. The molecular weight excluding hydrogens is 228 g/mol. The number of piperazine rings is 1. The SMILES string of the molecule is CCCC1CN(C2CCSC2)C(C(C)C)CN1. The second-order valence-corrected chi connectivity index (χ2v) is 7.07. The number of nitrogens with zero attached hydrogens (tertiary/aromatic N) is 1. The molecule has 0 aliphatic carbocycles. The number of hydrogen-bond acceptors (Lipinski definition) is 3. The van der Waals surface area contributed by atoms with Crippen molar-refractivity contribution >= 4 is 11.8 Å². The first kappa shape index (κ1) is 13.7. The Balaban J connectivity index is 1.98. The average Bonchev–Trinajstić information content (AvgIpc) is 2.82. The summed E-state index contributed by atoms with van der Waals surface area (Å²) >= 11 is 2.14. The van der Waals surface area contributed by atoms with Gasteiger partial charge in [-0.2, -0.15) is 11.8 Å². The smallest absolute Gasteiger partial charge is 0.0247 e. The molecule has 1 N–H and O–H groups in total. The molecule has 100 valence electrons. The van der Waals surface area contributed by atoms with Gasteiger partial charge in [-0.15, -0.1) is 0 Å². The van der Waals surface area contributed by atoms with Gasteiger partial charge < -0.3 is 5.32 Å². The van der Waals surface area contributed by atoms with Crippen molar-refractivity contribution in [2.45, 2.75) is 58.2 Å². The van der Waals surface area contributed by atoms with Crippen LogP contribution >= 0.6 is 11.8 Å². The first-order valence-electron chi connectivity index (χ1n) is 7.29. The maximum absolute atomic E-state index is 3.76. The van der Waals surface area contributed by atoms with E-state index in [1.54, 1.807) is 0 Å². The molecule has 17 heavy (non-hydrogen) atoms. The molecule has 2 saturated heterocycles. The van der Waals surface area contributed by atoms with Crippen LogP contribution < -0.4 is 5.32 Å². The fourth-order valence-electron chi connectivity index (χ4n) is 3.22. The van der Waals surface area contributed by atoms with Crippen LogP contribution in [0.15, 0.2) is 0 Å². The zero-order valence-corrected chi connectivity index (χ0v) is 12.4. The van der Waals surface area contributed by atoms with Gasteiger partial charge in [0.05, 0.1) is 0 Å². The molecule has 2 fully saturated rings. The molecule has 2 aliphatic heterocycles. The predicted octanol–water partition coefficient (Wildman–Crippen LogP) is 2.59. The van der Waals surface area contributed by atoms with Crippen LogP contribution in [0.25, 0.3) is 0 Å². The quantitative estimate of drug-likeness (QED) is 0.832. The lowest BCUT2D eigenvalue weighted by molar-refractivity contribution is 0.0629. The van der Waals surface area contributed by atoms with Crippen molar-refractivity contribution in [3.05, 3.63) is 0 Å². The largest absolute Gasteiger partial charge is 0.311 e. The summed E-state index contributed by atoms with van der Waals surface area (Å²) in [5.74, 6) is 3.51. The van der Waals surface area contributed by atoms with Crippen LogP contribution in [0.5, 0.6) is 0 Å². The highest BCUT2D eigenvalue weighted by atomic mass is 32.2. The van der Waals surface area contributed by atoms with E-state index in [4.69, 9.17) is 0 Å². The van der Waals surface area contributed by atoms with Crippen molar-refractivity contribution in [3.63, 3.8) is 0 Å². The molecule has 3 unspecified atom stereocenters. The summed E-state index contributed by atoms with van der Waals surface area (Å²) in [5, 5.41) is 3.76. The van der Waals surface area contributed by atoms with Crippen LogP contribution in [0, 0.1) is 5.92 Å². The molecule has 2 heterocycles. The molecule has 2 rings (SSSR count). The topological polar surface area (TPSA) is 15.3 Å². The molecule has 0 amide bonds. The summed E-state index contributed by atoms with van der Waals surface area (Å²) in [6, 6.07) is 2.35. The van der Waals surface area contributed by atoms with E-state index in [-0.39, 0.29) is 0 Å². The highest BCUT2D eigenvalue weighted by molar-refractivity contribution is 7.99. The lowest BCUT2D eigenvalue weighted by Crippen LogP contribution is -2.61. The minimum atomic E-state index is 0.737. The molecule has 2 nitrogen and oxygen atoms in total. The van der Waals surface area contributed by atoms with Gasteiger partial charge in [-0.05, 0) is 24.5 Å². The van der Waals surface area contributed by atoms with E-state index in [2.05, 4.69) is 42.7 Å². The standard InChI is InChI=1S/C14H28N2S/c1-4-5-12-9-16(13-6-7-17-10-13)14(8-15-12)11(2)3/h11-15H,4-10H2,1-3H3. The van der Waals surface area contributed by atoms with Crippen molar-refractivity contribution in [2.75, 3.05) is 24.6 Å². The van der Waals surface area contributed by atoms with E-state index in [9.17, 15) is 0 Å². The summed E-state index contributed by atoms with van der Waals surface area (Å²) in [6.45, 7) is 9.53. The summed E-state index contributed by atoms with van der Waals surface area (Å²) in [6.07, 6.45) is 4.05. The molecule has 0 saturated carbocycles. The van der Waals surface area contributed by atoms with Gasteiger partial charge in [0.1, 0.15) is 0 Å². The third-order valence-electron chi connectivity index (χ3n) is 4.25. The van der Waals surface area contributed by atoms with Crippen LogP contribution in [0.3, 0.4) is 0 Å². The van der Waals surface area contributed by atoms with Gasteiger partial charge in [0.25, 0.3) is 0 Å². The molecule has 2 aliphatic rings. The molecule has 3 heteroatoms. The van der Waals surface area contributed by atoms with Crippen molar-refractivity contribution < 1.29 is 0 Å². The maximum Gasteiger partial charge on any atom is 0.0247 e. The lowest BCUT2D eigenvalue weighted by atomic mass is 9.95. The summed E-state index contributed by atoms with van der Waals surface area (Å²) in [4.78, 5) is 2.83. The number of rotatable bonds is 4. The second kappa shape index (κ2) is 6.44. The summed E-state index contributed by atoms with van der Waals surface area (Å²) in [5.41, 5.74) is 0. The average molecular weight is 256 g/mol. The Morgan fingerprint density at radius 1 is 1.41 bits per heavy atom. The van der Waals surface area contributed by atoms with Gasteiger partial charge >= 0.3 is 0 Å². The van der Waals surface area contributed by atoms with Gasteiger partial charge in [0, 0.05) is 37.0 Å².